The topological polar surface area (TPSA) is 95.2 Å². The van der Waals surface area contributed by atoms with Crippen molar-refractivity contribution in [3.63, 3.8) is 0 Å². The molecule has 0 bridgehead atoms. The molecule has 4 aromatic rings. The van der Waals surface area contributed by atoms with E-state index in [2.05, 4.69) is 15.6 Å². The number of aryl methyl sites for hydroxylation is 1. The van der Waals surface area contributed by atoms with Crippen LogP contribution in [0, 0.1) is 6.92 Å². The lowest BCUT2D eigenvalue weighted by atomic mass is 10.0. The maximum Gasteiger partial charge on any atom is 0.317 e. The molecule has 8 nitrogen and oxygen atoms in total. The summed E-state index contributed by atoms with van der Waals surface area (Å²) in [6.07, 6.45) is 3.10. The zero-order valence-electron chi connectivity index (χ0n) is 20.8. The molecule has 1 atom stereocenters. The summed E-state index contributed by atoms with van der Waals surface area (Å²) in [4.78, 5) is 27.4. The standard InChI is InChI=1S/C28H32N6O2/c1-19-9-8-13-23(15-19)36-18-21-16-24-26(30-17-22-12-6-7-14-34(22)28(35)29-2)32-25(33-27(24)31-21)20-10-4-3-5-11-20/h3-5,8-11,13,15-16,22H,6-7,12,14,17-18H2,1-2H3,(H,29,35)(H2,30,31,32,33). The largest absolute Gasteiger partial charge is 0.487 e. The number of aromatic amines is 1. The van der Waals surface area contributed by atoms with Crippen LogP contribution in [0.5, 0.6) is 5.75 Å². The highest BCUT2D eigenvalue weighted by Crippen LogP contribution is 2.27. The summed E-state index contributed by atoms with van der Waals surface area (Å²) in [5, 5.41) is 7.21. The Morgan fingerprint density at radius 3 is 2.78 bits per heavy atom. The summed E-state index contributed by atoms with van der Waals surface area (Å²) >= 11 is 0. The van der Waals surface area contributed by atoms with Gasteiger partial charge in [-0.25, -0.2) is 14.8 Å². The summed E-state index contributed by atoms with van der Waals surface area (Å²) in [7, 11) is 1.68. The number of fused-ring (bicyclic) bond motifs is 1. The number of rotatable bonds is 7. The molecule has 0 saturated carbocycles. The minimum atomic E-state index is -0.0310. The fourth-order valence-electron chi connectivity index (χ4n) is 4.70. The van der Waals surface area contributed by atoms with E-state index in [0.29, 0.717) is 19.0 Å². The average molecular weight is 485 g/mol. The normalized spacial score (nSPS) is 15.6. The van der Waals surface area contributed by atoms with Crippen LogP contribution in [0.2, 0.25) is 0 Å². The minimum Gasteiger partial charge on any atom is -0.487 e. The fraction of sp³-hybridized carbons (Fsp3) is 0.321. The molecule has 0 radical (unpaired) electrons. The monoisotopic (exact) mass is 484 g/mol. The van der Waals surface area contributed by atoms with Crippen molar-refractivity contribution in [3.8, 4) is 17.1 Å². The van der Waals surface area contributed by atoms with E-state index in [0.717, 1.165) is 65.2 Å². The van der Waals surface area contributed by atoms with Gasteiger partial charge in [-0.05, 0) is 49.9 Å². The molecule has 1 aliphatic rings. The van der Waals surface area contributed by atoms with Gasteiger partial charge in [0.2, 0.25) is 0 Å². The molecule has 0 spiro atoms. The fourth-order valence-corrected chi connectivity index (χ4v) is 4.70. The first-order valence-electron chi connectivity index (χ1n) is 12.5. The van der Waals surface area contributed by atoms with Crippen molar-refractivity contribution in [2.45, 2.75) is 38.8 Å². The quantitative estimate of drug-likeness (QED) is 0.339. The summed E-state index contributed by atoms with van der Waals surface area (Å²) < 4.78 is 6.01. The number of anilines is 1. The van der Waals surface area contributed by atoms with Crippen molar-refractivity contribution >= 4 is 22.9 Å². The lowest BCUT2D eigenvalue weighted by molar-refractivity contribution is 0.157. The smallest absolute Gasteiger partial charge is 0.317 e. The third-order valence-electron chi connectivity index (χ3n) is 6.57. The van der Waals surface area contributed by atoms with Crippen molar-refractivity contribution in [1.82, 2.24) is 25.2 Å². The molecule has 3 heterocycles. The van der Waals surface area contributed by atoms with E-state index in [1.165, 1.54) is 0 Å². The summed E-state index contributed by atoms with van der Waals surface area (Å²) in [5.74, 6) is 2.22. The van der Waals surface area contributed by atoms with E-state index in [1.54, 1.807) is 7.05 Å². The van der Waals surface area contributed by atoms with Crippen LogP contribution < -0.4 is 15.4 Å². The van der Waals surface area contributed by atoms with E-state index < -0.39 is 0 Å². The Labute approximate surface area is 211 Å². The molecule has 1 fully saturated rings. The number of urea groups is 1. The van der Waals surface area contributed by atoms with Crippen molar-refractivity contribution in [2.75, 3.05) is 25.5 Å². The Hall–Kier alpha value is -4.07. The van der Waals surface area contributed by atoms with Crippen LogP contribution in [0.15, 0.2) is 60.7 Å². The van der Waals surface area contributed by atoms with E-state index in [-0.39, 0.29) is 12.1 Å². The van der Waals surface area contributed by atoms with Crippen LogP contribution in [0.25, 0.3) is 22.4 Å². The van der Waals surface area contributed by atoms with E-state index in [4.69, 9.17) is 14.7 Å². The number of aromatic nitrogens is 3. The van der Waals surface area contributed by atoms with Gasteiger partial charge in [-0.1, -0.05) is 42.5 Å². The highest BCUT2D eigenvalue weighted by Gasteiger charge is 2.26. The molecule has 2 aromatic heterocycles. The molecular weight excluding hydrogens is 452 g/mol. The van der Waals surface area contributed by atoms with E-state index in [1.807, 2.05) is 72.5 Å². The Kier molecular flexibility index (Phi) is 7.02. The molecule has 5 rings (SSSR count). The first-order valence-corrected chi connectivity index (χ1v) is 12.5. The lowest BCUT2D eigenvalue weighted by Crippen LogP contribution is -2.50. The molecule has 2 aromatic carbocycles. The van der Waals surface area contributed by atoms with Gasteiger partial charge in [-0.2, -0.15) is 0 Å². The Morgan fingerprint density at radius 2 is 1.97 bits per heavy atom. The Balaban J connectivity index is 1.43. The third-order valence-corrected chi connectivity index (χ3v) is 6.57. The number of benzene rings is 2. The van der Waals surface area contributed by atoms with Gasteiger partial charge in [0, 0.05) is 25.7 Å². The van der Waals surface area contributed by atoms with Gasteiger partial charge in [-0.3, -0.25) is 0 Å². The second-order valence-corrected chi connectivity index (χ2v) is 9.20. The highest BCUT2D eigenvalue weighted by atomic mass is 16.5. The number of likely N-dealkylation sites (tertiary alicyclic amines) is 1. The maximum absolute atomic E-state index is 12.4. The van der Waals surface area contributed by atoms with E-state index >= 15 is 0 Å². The Morgan fingerprint density at radius 1 is 1.11 bits per heavy atom. The van der Waals surface area contributed by atoms with Gasteiger partial charge in [0.25, 0.3) is 0 Å². The van der Waals surface area contributed by atoms with Gasteiger partial charge >= 0.3 is 6.03 Å². The number of nitrogens with one attached hydrogen (secondary N) is 3. The van der Waals surface area contributed by atoms with Crippen LogP contribution in [0.4, 0.5) is 10.6 Å². The second kappa shape index (κ2) is 10.7. The van der Waals surface area contributed by atoms with Crippen LogP contribution in [0.3, 0.4) is 0 Å². The molecule has 0 aliphatic carbocycles. The first-order chi connectivity index (χ1) is 17.6. The number of piperidine rings is 1. The predicted octanol–water partition coefficient (Wildman–Crippen LogP) is 5.12. The number of amides is 2. The SMILES string of the molecule is CNC(=O)N1CCCCC1CNc1nc(-c2ccccc2)nc2[nH]c(COc3cccc(C)c3)cc12. The molecular formula is C28H32N6O2. The number of H-pyrrole nitrogens is 1. The summed E-state index contributed by atoms with van der Waals surface area (Å²) in [6.45, 7) is 3.83. The van der Waals surface area contributed by atoms with Gasteiger partial charge < -0.3 is 25.3 Å². The molecule has 3 N–H and O–H groups in total. The summed E-state index contributed by atoms with van der Waals surface area (Å²) in [5.41, 5.74) is 3.77. The Bertz CT molecular complexity index is 1340. The molecule has 1 aliphatic heterocycles. The summed E-state index contributed by atoms with van der Waals surface area (Å²) in [6, 6.07) is 20.1. The zero-order chi connectivity index (χ0) is 24.9. The first kappa shape index (κ1) is 23.7. The van der Waals surface area contributed by atoms with Gasteiger partial charge in [0.15, 0.2) is 5.82 Å². The number of ether oxygens (including phenoxy) is 1. The molecule has 8 heteroatoms. The van der Waals surface area contributed by atoms with Gasteiger partial charge in [-0.15, -0.1) is 0 Å². The lowest BCUT2D eigenvalue weighted by Gasteiger charge is -2.35. The molecule has 2 amide bonds. The number of nitrogens with zero attached hydrogens (tertiary/aromatic N) is 3. The average Bonchev–Trinajstić information content (AvgIpc) is 3.34. The van der Waals surface area contributed by atoms with Crippen LogP contribution in [-0.2, 0) is 6.61 Å². The minimum absolute atomic E-state index is 0.0310. The number of hydrogen-bond acceptors (Lipinski definition) is 5. The molecule has 186 valence electrons. The third kappa shape index (κ3) is 5.27. The molecule has 1 saturated heterocycles. The van der Waals surface area contributed by atoms with Crippen LogP contribution in [0.1, 0.15) is 30.5 Å². The van der Waals surface area contributed by atoms with E-state index in [9.17, 15) is 4.79 Å². The van der Waals surface area contributed by atoms with Crippen molar-refractivity contribution < 1.29 is 9.53 Å². The molecule has 36 heavy (non-hydrogen) atoms. The maximum atomic E-state index is 12.4. The predicted molar refractivity (Wildman–Crippen MR) is 142 cm³/mol. The molecule has 1 unspecified atom stereocenters. The van der Waals surface area contributed by atoms with Crippen molar-refractivity contribution in [1.29, 1.82) is 0 Å². The van der Waals surface area contributed by atoms with Crippen LogP contribution >= 0.6 is 0 Å². The van der Waals surface area contributed by atoms with Crippen LogP contribution in [-0.4, -0.2) is 52.1 Å². The van der Waals surface area contributed by atoms with Gasteiger partial charge in [0.05, 0.1) is 17.1 Å². The zero-order valence-corrected chi connectivity index (χ0v) is 20.8. The highest BCUT2D eigenvalue weighted by molar-refractivity contribution is 5.89. The second-order valence-electron chi connectivity index (χ2n) is 9.20. The number of carbonyl (C=O) groups is 1. The van der Waals surface area contributed by atoms with Gasteiger partial charge in [0.1, 0.15) is 23.8 Å². The van der Waals surface area contributed by atoms with Crippen molar-refractivity contribution in [2.24, 2.45) is 0 Å². The van der Waals surface area contributed by atoms with Crippen molar-refractivity contribution in [3.05, 3.63) is 71.9 Å². The number of hydrogen-bond donors (Lipinski definition) is 3. The number of carbonyl (C=O) groups excluding carboxylic acids is 1.